The molecule has 2 nitrogen and oxygen atoms in total. The molecule has 2 heteroatoms. The highest BCUT2D eigenvalue weighted by Gasteiger charge is 2.33. The summed E-state index contributed by atoms with van der Waals surface area (Å²) in [4.78, 5) is 0. The zero-order valence-electron chi connectivity index (χ0n) is 6.96. The minimum atomic E-state index is 0.328. The smallest absolute Gasteiger partial charge is 0.0753 e. The van der Waals surface area contributed by atoms with E-state index in [9.17, 15) is 0 Å². The monoisotopic (exact) mass is 155 g/mol. The highest BCUT2D eigenvalue weighted by Crippen LogP contribution is 2.34. The largest absolute Gasteiger partial charge is 0.376 e. The first-order valence-electron chi connectivity index (χ1n) is 4.75. The molecule has 2 fully saturated rings. The van der Waals surface area contributed by atoms with Crippen LogP contribution in [0.15, 0.2) is 0 Å². The Kier molecular flexibility index (Phi) is 2.14. The van der Waals surface area contributed by atoms with E-state index in [1.165, 1.54) is 25.7 Å². The van der Waals surface area contributed by atoms with E-state index in [-0.39, 0.29) is 0 Å². The number of rotatable bonds is 1. The van der Waals surface area contributed by atoms with Crippen LogP contribution in [0.1, 0.15) is 32.1 Å². The van der Waals surface area contributed by atoms with Crippen LogP contribution in [-0.4, -0.2) is 18.8 Å². The molecule has 2 rings (SSSR count). The Hall–Kier alpha value is -0.0800. The summed E-state index contributed by atoms with van der Waals surface area (Å²) in [6.07, 6.45) is 6.80. The minimum Gasteiger partial charge on any atom is -0.376 e. The second-order valence-corrected chi connectivity index (χ2v) is 3.83. The molecule has 0 aromatic rings. The standard InChI is InChI=1S/C9H17NO/c10-8-5-2-6-11-9(8)7-3-1-4-7/h7-9H,1-6,10H2. The molecule has 0 amide bonds. The fourth-order valence-electron chi connectivity index (χ4n) is 2.08. The van der Waals surface area contributed by atoms with E-state index in [0.29, 0.717) is 12.1 Å². The molecule has 2 atom stereocenters. The predicted octanol–water partition coefficient (Wildman–Crippen LogP) is 1.29. The maximum absolute atomic E-state index is 5.96. The minimum absolute atomic E-state index is 0.328. The molecule has 1 saturated heterocycles. The van der Waals surface area contributed by atoms with E-state index in [2.05, 4.69) is 0 Å². The average molecular weight is 155 g/mol. The Bertz CT molecular complexity index is 132. The van der Waals surface area contributed by atoms with Gasteiger partial charge >= 0.3 is 0 Å². The van der Waals surface area contributed by atoms with Crippen molar-refractivity contribution in [3.8, 4) is 0 Å². The molecule has 1 heterocycles. The van der Waals surface area contributed by atoms with E-state index in [4.69, 9.17) is 10.5 Å². The van der Waals surface area contributed by atoms with Gasteiger partial charge in [0.05, 0.1) is 6.10 Å². The Labute approximate surface area is 68.1 Å². The molecular weight excluding hydrogens is 138 g/mol. The number of ether oxygens (including phenoxy) is 1. The summed E-state index contributed by atoms with van der Waals surface area (Å²) in [6, 6.07) is 0.328. The maximum atomic E-state index is 5.96. The van der Waals surface area contributed by atoms with Crippen LogP contribution in [-0.2, 0) is 4.74 Å². The van der Waals surface area contributed by atoms with Gasteiger partial charge in [0.2, 0.25) is 0 Å². The highest BCUT2D eigenvalue weighted by atomic mass is 16.5. The molecule has 1 aliphatic heterocycles. The molecule has 0 aromatic carbocycles. The molecule has 2 N–H and O–H groups in total. The van der Waals surface area contributed by atoms with E-state index >= 15 is 0 Å². The van der Waals surface area contributed by atoms with Crippen LogP contribution >= 0.6 is 0 Å². The Morgan fingerprint density at radius 3 is 2.45 bits per heavy atom. The van der Waals surface area contributed by atoms with Crippen LogP contribution in [0.25, 0.3) is 0 Å². The summed E-state index contributed by atoms with van der Waals surface area (Å²) >= 11 is 0. The van der Waals surface area contributed by atoms with Gasteiger partial charge < -0.3 is 10.5 Å². The molecule has 0 aromatic heterocycles. The first-order valence-corrected chi connectivity index (χ1v) is 4.75. The SMILES string of the molecule is NC1CCCOC1C1CCC1. The van der Waals surface area contributed by atoms with Gasteiger partial charge in [0.15, 0.2) is 0 Å². The van der Waals surface area contributed by atoms with E-state index in [1.807, 2.05) is 0 Å². The van der Waals surface area contributed by atoms with Crippen molar-refractivity contribution in [3.05, 3.63) is 0 Å². The van der Waals surface area contributed by atoms with Crippen molar-refractivity contribution >= 4 is 0 Å². The van der Waals surface area contributed by atoms with Crippen molar-refractivity contribution < 1.29 is 4.74 Å². The number of hydrogen-bond acceptors (Lipinski definition) is 2. The zero-order chi connectivity index (χ0) is 7.68. The summed E-state index contributed by atoms with van der Waals surface area (Å²) in [5.41, 5.74) is 5.96. The molecular formula is C9H17NO. The molecule has 0 bridgehead atoms. The highest BCUT2D eigenvalue weighted by molar-refractivity contribution is 4.87. The predicted molar refractivity (Wildman–Crippen MR) is 44.3 cm³/mol. The quantitative estimate of drug-likeness (QED) is 0.619. The lowest BCUT2D eigenvalue weighted by atomic mass is 9.77. The molecule has 0 spiro atoms. The second-order valence-electron chi connectivity index (χ2n) is 3.83. The van der Waals surface area contributed by atoms with Gasteiger partial charge in [0.25, 0.3) is 0 Å². The van der Waals surface area contributed by atoms with E-state index in [1.54, 1.807) is 0 Å². The second kappa shape index (κ2) is 3.11. The lowest BCUT2D eigenvalue weighted by molar-refractivity contribution is -0.0549. The van der Waals surface area contributed by atoms with Crippen molar-refractivity contribution in [3.63, 3.8) is 0 Å². The molecule has 64 valence electrons. The molecule has 2 aliphatic rings. The molecule has 0 radical (unpaired) electrons. The molecule has 1 saturated carbocycles. The van der Waals surface area contributed by atoms with Crippen LogP contribution in [0.2, 0.25) is 0 Å². The third kappa shape index (κ3) is 1.42. The lowest BCUT2D eigenvalue weighted by Crippen LogP contribution is -2.47. The number of nitrogens with two attached hydrogens (primary N) is 1. The van der Waals surface area contributed by atoms with Gasteiger partial charge in [-0.15, -0.1) is 0 Å². The van der Waals surface area contributed by atoms with Gasteiger partial charge in [-0.1, -0.05) is 6.42 Å². The molecule has 1 aliphatic carbocycles. The van der Waals surface area contributed by atoms with Crippen LogP contribution in [0.3, 0.4) is 0 Å². The first-order chi connectivity index (χ1) is 5.38. The summed E-state index contributed by atoms with van der Waals surface area (Å²) in [5, 5.41) is 0. The molecule has 11 heavy (non-hydrogen) atoms. The lowest BCUT2D eigenvalue weighted by Gasteiger charge is -2.39. The Morgan fingerprint density at radius 1 is 1.09 bits per heavy atom. The van der Waals surface area contributed by atoms with Crippen molar-refractivity contribution in [2.75, 3.05) is 6.61 Å². The topological polar surface area (TPSA) is 35.2 Å². The Morgan fingerprint density at radius 2 is 1.91 bits per heavy atom. The van der Waals surface area contributed by atoms with Crippen LogP contribution in [0, 0.1) is 5.92 Å². The normalized spacial score (nSPS) is 40.1. The van der Waals surface area contributed by atoms with Crippen LogP contribution < -0.4 is 5.73 Å². The first kappa shape index (κ1) is 7.56. The Balaban J connectivity index is 1.88. The van der Waals surface area contributed by atoms with E-state index in [0.717, 1.165) is 18.9 Å². The zero-order valence-corrected chi connectivity index (χ0v) is 6.96. The summed E-state index contributed by atoms with van der Waals surface area (Å²) < 4.78 is 5.67. The van der Waals surface area contributed by atoms with Gasteiger partial charge in [-0.25, -0.2) is 0 Å². The van der Waals surface area contributed by atoms with Crippen LogP contribution in [0.4, 0.5) is 0 Å². The van der Waals surface area contributed by atoms with Gasteiger partial charge in [0.1, 0.15) is 0 Å². The fourth-order valence-corrected chi connectivity index (χ4v) is 2.08. The van der Waals surface area contributed by atoms with Crippen molar-refractivity contribution in [2.24, 2.45) is 11.7 Å². The van der Waals surface area contributed by atoms with Gasteiger partial charge in [-0.3, -0.25) is 0 Å². The maximum Gasteiger partial charge on any atom is 0.0753 e. The summed E-state index contributed by atoms with van der Waals surface area (Å²) in [7, 11) is 0. The van der Waals surface area contributed by atoms with Gasteiger partial charge in [-0.05, 0) is 31.6 Å². The van der Waals surface area contributed by atoms with Crippen molar-refractivity contribution in [1.82, 2.24) is 0 Å². The van der Waals surface area contributed by atoms with E-state index < -0.39 is 0 Å². The van der Waals surface area contributed by atoms with Gasteiger partial charge in [-0.2, -0.15) is 0 Å². The third-order valence-electron chi connectivity index (χ3n) is 3.03. The fraction of sp³-hybridized carbons (Fsp3) is 1.00. The summed E-state index contributed by atoms with van der Waals surface area (Å²) in [6.45, 7) is 0.939. The number of hydrogen-bond donors (Lipinski definition) is 1. The average Bonchev–Trinajstić information content (AvgIpc) is 1.90. The summed E-state index contributed by atoms with van der Waals surface area (Å²) in [5.74, 6) is 0.797. The van der Waals surface area contributed by atoms with Crippen molar-refractivity contribution in [2.45, 2.75) is 44.2 Å². The van der Waals surface area contributed by atoms with Crippen LogP contribution in [0.5, 0.6) is 0 Å². The molecule has 2 unspecified atom stereocenters. The van der Waals surface area contributed by atoms with Crippen molar-refractivity contribution in [1.29, 1.82) is 0 Å². The third-order valence-corrected chi connectivity index (χ3v) is 3.03. The van der Waals surface area contributed by atoms with Gasteiger partial charge in [0, 0.05) is 12.6 Å².